The van der Waals surface area contributed by atoms with Gasteiger partial charge in [-0.25, -0.2) is 0 Å². The Morgan fingerprint density at radius 3 is 2.60 bits per heavy atom. The molecular formula is C8H17NO. The highest BCUT2D eigenvalue weighted by atomic mass is 16.5. The summed E-state index contributed by atoms with van der Waals surface area (Å²) in [6, 6.07) is 0.738. The minimum atomic E-state index is 0.550. The third-order valence-corrected chi connectivity index (χ3v) is 1.99. The van der Waals surface area contributed by atoms with Crippen LogP contribution in [0.4, 0.5) is 0 Å². The van der Waals surface area contributed by atoms with Crippen molar-refractivity contribution in [3.8, 4) is 0 Å². The zero-order chi connectivity index (χ0) is 7.40. The van der Waals surface area contributed by atoms with Crippen LogP contribution in [-0.4, -0.2) is 25.3 Å². The molecule has 1 rings (SSSR count). The van der Waals surface area contributed by atoms with Gasteiger partial charge in [-0.2, -0.15) is 0 Å². The van der Waals surface area contributed by atoms with Gasteiger partial charge in [-0.3, -0.25) is 0 Å². The molecular weight excluding hydrogens is 126 g/mol. The van der Waals surface area contributed by atoms with Gasteiger partial charge in [-0.15, -0.1) is 0 Å². The van der Waals surface area contributed by atoms with Crippen molar-refractivity contribution in [1.29, 1.82) is 0 Å². The van der Waals surface area contributed by atoms with Crippen LogP contribution in [0.2, 0.25) is 0 Å². The van der Waals surface area contributed by atoms with Gasteiger partial charge in [0.1, 0.15) is 0 Å². The van der Waals surface area contributed by atoms with Gasteiger partial charge in [0.2, 0.25) is 0 Å². The Morgan fingerprint density at radius 1 is 1.40 bits per heavy atom. The van der Waals surface area contributed by atoms with Crippen molar-refractivity contribution in [2.75, 3.05) is 13.2 Å². The maximum atomic E-state index is 5.41. The van der Waals surface area contributed by atoms with Crippen molar-refractivity contribution in [3.05, 3.63) is 0 Å². The summed E-state index contributed by atoms with van der Waals surface area (Å²) < 4.78 is 5.41. The number of ether oxygens (including phenoxy) is 1. The van der Waals surface area contributed by atoms with E-state index in [-0.39, 0.29) is 0 Å². The minimum Gasteiger partial charge on any atom is -0.378 e. The Morgan fingerprint density at radius 2 is 2.10 bits per heavy atom. The molecule has 0 saturated heterocycles. The number of rotatable bonds is 4. The van der Waals surface area contributed by atoms with E-state index in [1.807, 2.05) is 0 Å². The largest absolute Gasteiger partial charge is 0.378 e. The minimum absolute atomic E-state index is 0.550. The molecule has 0 radical (unpaired) electrons. The number of hydrogen-bond donors (Lipinski definition) is 1. The molecule has 0 bridgehead atoms. The van der Waals surface area contributed by atoms with Crippen LogP contribution < -0.4 is 5.32 Å². The molecule has 2 heteroatoms. The van der Waals surface area contributed by atoms with Crippen molar-refractivity contribution in [2.45, 2.75) is 38.8 Å². The fourth-order valence-corrected chi connectivity index (χ4v) is 1.39. The van der Waals surface area contributed by atoms with Crippen LogP contribution in [-0.2, 0) is 4.74 Å². The first-order valence-corrected chi connectivity index (χ1v) is 4.21. The molecule has 0 atom stereocenters. The summed E-state index contributed by atoms with van der Waals surface area (Å²) in [6.07, 6.45) is 2.97. The molecule has 10 heavy (non-hydrogen) atoms. The Balaban J connectivity index is 1.95. The highest BCUT2D eigenvalue weighted by molar-refractivity contribution is 4.85. The monoisotopic (exact) mass is 143 g/mol. The van der Waals surface area contributed by atoms with Crippen molar-refractivity contribution in [1.82, 2.24) is 5.32 Å². The van der Waals surface area contributed by atoms with Gasteiger partial charge in [0.15, 0.2) is 0 Å². The lowest BCUT2D eigenvalue weighted by Gasteiger charge is -2.35. The molecule has 0 aromatic heterocycles. The zero-order valence-electron chi connectivity index (χ0n) is 6.89. The summed E-state index contributed by atoms with van der Waals surface area (Å²) >= 11 is 0. The van der Waals surface area contributed by atoms with Crippen LogP contribution in [0.3, 0.4) is 0 Å². The van der Waals surface area contributed by atoms with Gasteiger partial charge in [-0.1, -0.05) is 6.92 Å². The van der Waals surface area contributed by atoms with E-state index in [1.54, 1.807) is 0 Å². The molecule has 0 aromatic carbocycles. The lowest BCUT2D eigenvalue weighted by molar-refractivity contribution is -0.00935. The molecule has 1 saturated carbocycles. The van der Waals surface area contributed by atoms with E-state index in [1.165, 1.54) is 12.8 Å². The molecule has 0 amide bonds. The van der Waals surface area contributed by atoms with Crippen LogP contribution in [0.1, 0.15) is 26.7 Å². The van der Waals surface area contributed by atoms with E-state index < -0.39 is 0 Å². The van der Waals surface area contributed by atoms with E-state index in [4.69, 9.17) is 4.74 Å². The predicted molar refractivity (Wildman–Crippen MR) is 42.1 cm³/mol. The molecule has 60 valence electrons. The van der Waals surface area contributed by atoms with Gasteiger partial charge in [0, 0.05) is 12.6 Å². The lowest BCUT2D eigenvalue weighted by atomic mass is 9.89. The SMILES string of the molecule is CCNC1CC(OCC)C1. The van der Waals surface area contributed by atoms with Crippen molar-refractivity contribution in [2.24, 2.45) is 0 Å². The predicted octanol–water partition coefficient (Wildman–Crippen LogP) is 1.16. The van der Waals surface area contributed by atoms with Crippen LogP contribution in [0.15, 0.2) is 0 Å². The molecule has 1 aliphatic rings. The van der Waals surface area contributed by atoms with Crippen LogP contribution in [0, 0.1) is 0 Å². The molecule has 0 aliphatic heterocycles. The quantitative estimate of drug-likeness (QED) is 0.637. The summed E-state index contributed by atoms with van der Waals surface area (Å²) in [5.74, 6) is 0. The maximum absolute atomic E-state index is 5.41. The second kappa shape index (κ2) is 3.94. The molecule has 1 N–H and O–H groups in total. The molecule has 0 spiro atoms. The summed E-state index contributed by atoms with van der Waals surface area (Å²) in [7, 11) is 0. The van der Waals surface area contributed by atoms with Gasteiger partial charge in [0.05, 0.1) is 6.10 Å². The summed E-state index contributed by atoms with van der Waals surface area (Å²) in [6.45, 7) is 6.15. The second-order valence-electron chi connectivity index (χ2n) is 2.80. The topological polar surface area (TPSA) is 21.3 Å². The summed E-state index contributed by atoms with van der Waals surface area (Å²) in [5.41, 5.74) is 0. The molecule has 0 heterocycles. The normalized spacial score (nSPS) is 31.8. The van der Waals surface area contributed by atoms with E-state index in [2.05, 4.69) is 19.2 Å². The van der Waals surface area contributed by atoms with E-state index in [0.717, 1.165) is 19.2 Å². The third-order valence-electron chi connectivity index (χ3n) is 1.99. The van der Waals surface area contributed by atoms with Gasteiger partial charge < -0.3 is 10.1 Å². The van der Waals surface area contributed by atoms with Gasteiger partial charge in [0.25, 0.3) is 0 Å². The summed E-state index contributed by atoms with van der Waals surface area (Å²) in [4.78, 5) is 0. The fraction of sp³-hybridized carbons (Fsp3) is 1.00. The standard InChI is InChI=1S/C8H17NO/c1-3-9-7-5-8(6-7)10-4-2/h7-9H,3-6H2,1-2H3. The molecule has 0 unspecified atom stereocenters. The first-order valence-electron chi connectivity index (χ1n) is 4.21. The van der Waals surface area contributed by atoms with Gasteiger partial charge >= 0.3 is 0 Å². The molecule has 2 nitrogen and oxygen atoms in total. The highest BCUT2D eigenvalue weighted by Gasteiger charge is 2.28. The zero-order valence-corrected chi connectivity index (χ0v) is 6.89. The van der Waals surface area contributed by atoms with Crippen LogP contribution >= 0.6 is 0 Å². The Labute approximate surface area is 63.0 Å². The maximum Gasteiger partial charge on any atom is 0.0604 e. The van der Waals surface area contributed by atoms with E-state index >= 15 is 0 Å². The average Bonchev–Trinajstić information content (AvgIpc) is 1.84. The third kappa shape index (κ3) is 1.96. The smallest absolute Gasteiger partial charge is 0.0604 e. The van der Waals surface area contributed by atoms with Gasteiger partial charge in [-0.05, 0) is 26.3 Å². The molecule has 1 fully saturated rings. The Bertz CT molecular complexity index is 79.3. The average molecular weight is 143 g/mol. The lowest BCUT2D eigenvalue weighted by Crippen LogP contribution is -2.45. The fourth-order valence-electron chi connectivity index (χ4n) is 1.39. The number of hydrogen-bond acceptors (Lipinski definition) is 2. The van der Waals surface area contributed by atoms with Crippen molar-refractivity contribution in [3.63, 3.8) is 0 Å². The highest BCUT2D eigenvalue weighted by Crippen LogP contribution is 2.22. The Kier molecular flexibility index (Phi) is 3.16. The number of nitrogens with one attached hydrogen (secondary N) is 1. The molecule has 0 aromatic rings. The van der Waals surface area contributed by atoms with Crippen molar-refractivity contribution < 1.29 is 4.74 Å². The van der Waals surface area contributed by atoms with Crippen LogP contribution in [0.5, 0.6) is 0 Å². The van der Waals surface area contributed by atoms with Crippen molar-refractivity contribution >= 4 is 0 Å². The Hall–Kier alpha value is -0.0800. The summed E-state index contributed by atoms with van der Waals surface area (Å²) in [5, 5.41) is 3.39. The second-order valence-corrected chi connectivity index (χ2v) is 2.80. The van der Waals surface area contributed by atoms with Crippen LogP contribution in [0.25, 0.3) is 0 Å². The van der Waals surface area contributed by atoms with E-state index in [0.29, 0.717) is 6.10 Å². The first-order chi connectivity index (χ1) is 4.86. The van der Waals surface area contributed by atoms with E-state index in [9.17, 15) is 0 Å². The first kappa shape index (κ1) is 8.02. The molecule has 1 aliphatic carbocycles.